The van der Waals surface area contributed by atoms with Crippen LogP contribution in [0.4, 0.5) is 0 Å². The molecule has 3 heterocycles. The number of hydrogen-bond acceptors (Lipinski definition) is 3. The molecule has 0 saturated carbocycles. The zero-order valence-electron chi connectivity index (χ0n) is 10.8. The van der Waals surface area contributed by atoms with E-state index in [0.717, 1.165) is 25.9 Å². The number of nitrogens with zero attached hydrogens (tertiary/aromatic N) is 3. The number of aromatic nitrogens is 2. The number of carbonyl (C=O) groups excluding carboxylic acids is 1. The summed E-state index contributed by atoms with van der Waals surface area (Å²) in [4.78, 5) is 18.7. The minimum atomic E-state index is 0.0821. The highest BCUT2D eigenvalue weighted by Gasteiger charge is 2.37. The van der Waals surface area contributed by atoms with E-state index in [9.17, 15) is 4.79 Å². The molecular weight excluding hydrogens is 228 g/mol. The van der Waals surface area contributed by atoms with Gasteiger partial charge in [-0.2, -0.15) is 0 Å². The van der Waals surface area contributed by atoms with Gasteiger partial charge in [-0.3, -0.25) is 4.79 Å². The lowest BCUT2D eigenvalue weighted by molar-refractivity contribution is 0.0695. The fourth-order valence-electron chi connectivity index (χ4n) is 3.20. The van der Waals surface area contributed by atoms with Gasteiger partial charge in [0.25, 0.3) is 5.91 Å². The maximum Gasteiger partial charge on any atom is 0.290 e. The summed E-state index contributed by atoms with van der Waals surface area (Å²) in [7, 11) is 1.87. The van der Waals surface area contributed by atoms with Crippen LogP contribution < -0.4 is 5.32 Å². The normalized spacial score (nSPS) is 27.9. The van der Waals surface area contributed by atoms with Crippen molar-refractivity contribution in [2.24, 2.45) is 7.05 Å². The minimum Gasteiger partial charge on any atom is -0.331 e. The van der Waals surface area contributed by atoms with Crippen molar-refractivity contribution in [3.63, 3.8) is 0 Å². The number of likely N-dealkylation sites (tertiary alicyclic amines) is 1. The van der Waals surface area contributed by atoms with Crippen LogP contribution in [0, 0.1) is 0 Å². The second-order valence-corrected chi connectivity index (χ2v) is 5.27. The van der Waals surface area contributed by atoms with E-state index in [0.29, 0.717) is 17.9 Å². The first-order valence-corrected chi connectivity index (χ1v) is 6.79. The minimum absolute atomic E-state index is 0.0821. The van der Waals surface area contributed by atoms with Crippen LogP contribution in [-0.4, -0.2) is 45.5 Å². The standard InChI is InChI=1S/C13H20N4O/c1-16-9-7-15-12(16)13(18)17-8-3-5-11(17)10-4-2-6-14-10/h7,9-11,14H,2-6,8H2,1H3. The van der Waals surface area contributed by atoms with Crippen molar-refractivity contribution in [3.05, 3.63) is 18.2 Å². The Hall–Kier alpha value is -1.36. The van der Waals surface area contributed by atoms with E-state index >= 15 is 0 Å². The molecule has 0 aliphatic carbocycles. The Balaban J connectivity index is 1.78. The van der Waals surface area contributed by atoms with E-state index in [2.05, 4.69) is 10.3 Å². The topological polar surface area (TPSA) is 50.2 Å². The Bertz CT molecular complexity index is 436. The predicted molar refractivity (Wildman–Crippen MR) is 68.3 cm³/mol. The highest BCUT2D eigenvalue weighted by molar-refractivity contribution is 5.91. The van der Waals surface area contributed by atoms with Gasteiger partial charge in [0.15, 0.2) is 5.82 Å². The largest absolute Gasteiger partial charge is 0.331 e. The van der Waals surface area contributed by atoms with Crippen molar-refractivity contribution in [2.75, 3.05) is 13.1 Å². The molecule has 3 rings (SSSR count). The van der Waals surface area contributed by atoms with Crippen LogP contribution in [0.5, 0.6) is 0 Å². The van der Waals surface area contributed by atoms with Gasteiger partial charge >= 0.3 is 0 Å². The molecule has 0 spiro atoms. The summed E-state index contributed by atoms with van der Waals surface area (Å²) in [6.45, 7) is 1.96. The van der Waals surface area contributed by atoms with E-state index in [4.69, 9.17) is 0 Å². The third kappa shape index (κ3) is 1.92. The fraction of sp³-hybridized carbons (Fsp3) is 0.692. The van der Waals surface area contributed by atoms with Crippen LogP contribution in [-0.2, 0) is 7.05 Å². The monoisotopic (exact) mass is 248 g/mol. The van der Waals surface area contributed by atoms with Gasteiger partial charge in [0.2, 0.25) is 0 Å². The molecule has 2 aliphatic heterocycles. The summed E-state index contributed by atoms with van der Waals surface area (Å²) < 4.78 is 1.81. The first-order valence-electron chi connectivity index (χ1n) is 6.79. The van der Waals surface area contributed by atoms with Gasteiger partial charge in [-0.1, -0.05) is 0 Å². The molecule has 18 heavy (non-hydrogen) atoms. The first kappa shape index (κ1) is 11.7. The molecule has 0 radical (unpaired) electrons. The summed E-state index contributed by atoms with van der Waals surface area (Å²) >= 11 is 0. The highest BCUT2D eigenvalue weighted by atomic mass is 16.2. The third-order valence-electron chi connectivity index (χ3n) is 4.14. The molecule has 2 aliphatic rings. The van der Waals surface area contributed by atoms with Gasteiger partial charge in [0.1, 0.15) is 0 Å². The summed E-state index contributed by atoms with van der Waals surface area (Å²) in [5.74, 6) is 0.638. The van der Waals surface area contributed by atoms with Crippen molar-refractivity contribution in [3.8, 4) is 0 Å². The Labute approximate surface area is 107 Å². The number of imidazole rings is 1. The number of amides is 1. The number of rotatable bonds is 2. The summed E-state index contributed by atoms with van der Waals surface area (Å²) in [5, 5.41) is 3.52. The zero-order valence-corrected chi connectivity index (χ0v) is 10.8. The Morgan fingerprint density at radius 1 is 1.44 bits per heavy atom. The van der Waals surface area contributed by atoms with Gasteiger partial charge < -0.3 is 14.8 Å². The summed E-state index contributed by atoms with van der Waals surface area (Å²) in [5.41, 5.74) is 0. The van der Waals surface area contributed by atoms with Gasteiger partial charge in [-0.25, -0.2) is 4.98 Å². The average molecular weight is 248 g/mol. The first-order chi connectivity index (χ1) is 8.77. The maximum absolute atomic E-state index is 12.5. The molecule has 0 aromatic carbocycles. The summed E-state index contributed by atoms with van der Waals surface area (Å²) in [6.07, 6.45) is 8.16. The zero-order chi connectivity index (χ0) is 12.5. The lowest BCUT2D eigenvalue weighted by atomic mass is 10.0. The highest BCUT2D eigenvalue weighted by Crippen LogP contribution is 2.26. The Morgan fingerprint density at radius 2 is 2.33 bits per heavy atom. The second-order valence-electron chi connectivity index (χ2n) is 5.27. The Kier molecular flexibility index (Phi) is 3.07. The molecule has 1 aromatic heterocycles. The number of carbonyl (C=O) groups is 1. The fourth-order valence-corrected chi connectivity index (χ4v) is 3.20. The molecule has 0 bridgehead atoms. The van der Waals surface area contributed by atoms with E-state index in [1.165, 1.54) is 12.8 Å². The molecule has 1 amide bonds. The molecular formula is C13H20N4O. The average Bonchev–Trinajstić information content (AvgIpc) is 3.09. The van der Waals surface area contributed by atoms with Gasteiger partial charge in [0.05, 0.1) is 0 Å². The van der Waals surface area contributed by atoms with Crippen LogP contribution in [0.2, 0.25) is 0 Å². The lowest BCUT2D eigenvalue weighted by Crippen LogP contribution is -2.47. The van der Waals surface area contributed by atoms with E-state index < -0.39 is 0 Å². The van der Waals surface area contributed by atoms with Gasteiger partial charge in [0, 0.05) is 38.1 Å². The van der Waals surface area contributed by atoms with Crippen LogP contribution in [0.1, 0.15) is 36.3 Å². The molecule has 2 saturated heterocycles. The molecule has 98 valence electrons. The van der Waals surface area contributed by atoms with E-state index in [1.807, 2.05) is 18.1 Å². The number of hydrogen-bond donors (Lipinski definition) is 1. The van der Waals surface area contributed by atoms with E-state index in [1.54, 1.807) is 10.8 Å². The maximum atomic E-state index is 12.5. The molecule has 5 heteroatoms. The van der Waals surface area contributed by atoms with Crippen LogP contribution in [0.25, 0.3) is 0 Å². The van der Waals surface area contributed by atoms with Gasteiger partial charge in [-0.05, 0) is 32.2 Å². The SMILES string of the molecule is Cn1ccnc1C(=O)N1CCCC1C1CCCN1. The quantitative estimate of drug-likeness (QED) is 0.841. The van der Waals surface area contributed by atoms with Crippen molar-refractivity contribution in [1.82, 2.24) is 19.8 Å². The second kappa shape index (κ2) is 4.72. The van der Waals surface area contributed by atoms with E-state index in [-0.39, 0.29) is 5.91 Å². The van der Waals surface area contributed by atoms with Crippen LogP contribution in [0.15, 0.2) is 12.4 Å². The molecule has 5 nitrogen and oxygen atoms in total. The third-order valence-corrected chi connectivity index (χ3v) is 4.14. The number of nitrogens with one attached hydrogen (secondary N) is 1. The molecule has 2 unspecified atom stereocenters. The van der Waals surface area contributed by atoms with Crippen molar-refractivity contribution >= 4 is 5.91 Å². The smallest absolute Gasteiger partial charge is 0.290 e. The van der Waals surface area contributed by atoms with Crippen LogP contribution >= 0.6 is 0 Å². The number of aryl methyl sites for hydroxylation is 1. The molecule has 2 atom stereocenters. The van der Waals surface area contributed by atoms with Crippen molar-refractivity contribution < 1.29 is 4.79 Å². The molecule has 1 N–H and O–H groups in total. The Morgan fingerprint density at radius 3 is 3.00 bits per heavy atom. The lowest BCUT2D eigenvalue weighted by Gasteiger charge is -2.29. The van der Waals surface area contributed by atoms with Gasteiger partial charge in [-0.15, -0.1) is 0 Å². The van der Waals surface area contributed by atoms with Crippen molar-refractivity contribution in [2.45, 2.75) is 37.8 Å². The predicted octanol–water partition coefficient (Wildman–Crippen LogP) is 0.777. The molecule has 1 aromatic rings. The molecule has 2 fully saturated rings. The van der Waals surface area contributed by atoms with Crippen molar-refractivity contribution in [1.29, 1.82) is 0 Å². The summed E-state index contributed by atoms with van der Waals surface area (Å²) in [6, 6.07) is 0.841. The van der Waals surface area contributed by atoms with Crippen LogP contribution in [0.3, 0.4) is 0 Å².